The van der Waals surface area contributed by atoms with Gasteiger partial charge in [-0.3, -0.25) is 14.5 Å². The fourth-order valence-corrected chi connectivity index (χ4v) is 2.92. The number of hydrogen-bond acceptors (Lipinski definition) is 6. The Balaban J connectivity index is 1.80. The maximum atomic E-state index is 12.6. The molecule has 1 aromatic rings. The predicted octanol–water partition coefficient (Wildman–Crippen LogP) is 1.08. The van der Waals surface area contributed by atoms with Gasteiger partial charge in [0.25, 0.3) is 0 Å². The third-order valence-corrected chi connectivity index (χ3v) is 4.25. The number of β-lactam (4-membered cyclic amide) rings is 1. The number of aldehydes is 1. The highest BCUT2D eigenvalue weighted by Crippen LogP contribution is 2.38. The molecule has 1 N–H and O–H groups in total. The summed E-state index contributed by atoms with van der Waals surface area (Å²) in [6, 6.07) is 8.12. The molecule has 136 valence electrons. The van der Waals surface area contributed by atoms with E-state index in [1.807, 2.05) is 30.3 Å². The first-order valence-corrected chi connectivity index (χ1v) is 8.28. The minimum Gasteiger partial charge on any atom is -0.471 e. The van der Waals surface area contributed by atoms with Gasteiger partial charge >= 0.3 is 5.97 Å². The van der Waals surface area contributed by atoms with Gasteiger partial charge in [0.05, 0.1) is 13.0 Å². The molecule has 26 heavy (non-hydrogen) atoms. The first-order valence-electron chi connectivity index (χ1n) is 8.28. The summed E-state index contributed by atoms with van der Waals surface area (Å²) in [5.74, 6) is -0.704. The van der Waals surface area contributed by atoms with Crippen molar-refractivity contribution in [1.29, 1.82) is 0 Å². The van der Waals surface area contributed by atoms with Crippen molar-refractivity contribution in [1.82, 2.24) is 4.90 Å². The number of aliphatic hydroxyl groups is 1. The number of aliphatic hydroxyl groups excluding tert-OH is 1. The number of carbonyl (C=O) groups excluding carboxylic acids is 3. The smallest absolute Gasteiger partial charge is 0.337 e. The molecule has 2 atom stereocenters. The number of carbonyl (C=O) groups is 3. The molecule has 2 fully saturated rings. The molecule has 0 aromatic heterocycles. The summed E-state index contributed by atoms with van der Waals surface area (Å²) in [7, 11) is 0. The van der Waals surface area contributed by atoms with Crippen LogP contribution in [0.5, 0.6) is 0 Å². The van der Waals surface area contributed by atoms with Gasteiger partial charge in [0.2, 0.25) is 5.91 Å². The van der Waals surface area contributed by atoms with Gasteiger partial charge in [0.1, 0.15) is 18.7 Å². The number of hydrogen-bond donors (Lipinski definition) is 1. The number of amides is 1. The van der Waals surface area contributed by atoms with E-state index in [-0.39, 0.29) is 43.3 Å². The number of nitrogens with zero attached hydrogens (tertiary/aromatic N) is 1. The van der Waals surface area contributed by atoms with Crippen molar-refractivity contribution in [3.63, 3.8) is 0 Å². The second kappa shape index (κ2) is 7.97. The third-order valence-electron chi connectivity index (χ3n) is 4.25. The van der Waals surface area contributed by atoms with E-state index in [9.17, 15) is 14.4 Å². The molecule has 7 nitrogen and oxygen atoms in total. The number of fused-ring (bicyclic) bond motifs is 1. The van der Waals surface area contributed by atoms with Crippen molar-refractivity contribution in [2.75, 3.05) is 6.61 Å². The van der Waals surface area contributed by atoms with Crippen molar-refractivity contribution in [2.45, 2.75) is 31.7 Å². The van der Waals surface area contributed by atoms with Gasteiger partial charge in [0.15, 0.2) is 12.3 Å². The largest absolute Gasteiger partial charge is 0.471 e. The van der Waals surface area contributed by atoms with Gasteiger partial charge in [-0.15, -0.1) is 0 Å². The maximum absolute atomic E-state index is 12.6. The Bertz CT molecular complexity index is 755. The summed E-state index contributed by atoms with van der Waals surface area (Å²) in [5.41, 5.74) is 1.07. The molecule has 0 bridgehead atoms. The second-order valence-corrected chi connectivity index (χ2v) is 5.94. The van der Waals surface area contributed by atoms with Gasteiger partial charge in [-0.1, -0.05) is 42.5 Å². The van der Waals surface area contributed by atoms with Crippen LogP contribution in [0.15, 0.2) is 53.8 Å². The lowest BCUT2D eigenvalue weighted by atomic mass is 10.0. The summed E-state index contributed by atoms with van der Waals surface area (Å²) >= 11 is 0. The maximum Gasteiger partial charge on any atom is 0.337 e. The lowest BCUT2D eigenvalue weighted by Crippen LogP contribution is -2.55. The molecular formula is C19H19NO6. The van der Waals surface area contributed by atoms with Crippen molar-refractivity contribution >= 4 is 18.2 Å². The standard InChI is InChI=1S/C19H19NO6/c21-9-5-4-8-14(11-22)18-17(20-15(23)10-16(20)26-18)19(24)25-12-13-6-2-1-3-7-13/h1-7,11,16-17,21H,8-10,12H2/b5-4+,18-14+/t16-,17?/m1/s1. The SMILES string of the molecule is O=C/C(C/C=C/CO)=C1/O[C@@H]2CC(=O)N2C1C(=O)OCc1ccccc1. The summed E-state index contributed by atoms with van der Waals surface area (Å²) in [5, 5.41) is 8.82. The van der Waals surface area contributed by atoms with Crippen molar-refractivity contribution in [2.24, 2.45) is 0 Å². The zero-order valence-electron chi connectivity index (χ0n) is 14.0. The van der Waals surface area contributed by atoms with E-state index >= 15 is 0 Å². The van der Waals surface area contributed by atoms with Crippen molar-refractivity contribution in [3.8, 4) is 0 Å². The van der Waals surface area contributed by atoms with E-state index in [0.29, 0.717) is 6.29 Å². The zero-order chi connectivity index (χ0) is 18.5. The number of ether oxygens (including phenoxy) is 2. The topological polar surface area (TPSA) is 93.1 Å². The van der Waals surface area contributed by atoms with Crippen LogP contribution in [-0.4, -0.2) is 47.0 Å². The lowest BCUT2D eigenvalue weighted by molar-refractivity contribution is -0.166. The minimum absolute atomic E-state index is 0.0665. The Morgan fingerprint density at radius 1 is 1.31 bits per heavy atom. The van der Waals surface area contributed by atoms with Crippen LogP contribution >= 0.6 is 0 Å². The molecule has 2 saturated heterocycles. The van der Waals surface area contributed by atoms with Gasteiger partial charge in [-0.2, -0.15) is 0 Å². The monoisotopic (exact) mass is 357 g/mol. The molecule has 2 aliphatic heterocycles. The molecule has 7 heteroatoms. The molecule has 1 aromatic carbocycles. The first kappa shape index (κ1) is 17.9. The summed E-state index contributed by atoms with van der Waals surface area (Å²) in [6.07, 6.45) is 3.51. The molecule has 2 aliphatic rings. The average molecular weight is 357 g/mol. The number of allylic oxidation sites excluding steroid dienone is 2. The molecular weight excluding hydrogens is 338 g/mol. The highest BCUT2D eigenvalue weighted by atomic mass is 16.6. The second-order valence-electron chi connectivity index (χ2n) is 5.94. The highest BCUT2D eigenvalue weighted by Gasteiger charge is 2.55. The van der Waals surface area contributed by atoms with Crippen LogP contribution in [0.2, 0.25) is 0 Å². The van der Waals surface area contributed by atoms with Gasteiger partial charge in [-0.25, -0.2) is 4.79 Å². The van der Waals surface area contributed by atoms with E-state index in [1.54, 1.807) is 6.08 Å². The fourth-order valence-electron chi connectivity index (χ4n) is 2.92. The van der Waals surface area contributed by atoms with Crippen molar-refractivity contribution in [3.05, 3.63) is 59.4 Å². The molecule has 2 heterocycles. The van der Waals surface area contributed by atoms with Crippen LogP contribution in [0.4, 0.5) is 0 Å². The molecule has 0 spiro atoms. The van der Waals surface area contributed by atoms with E-state index in [2.05, 4.69) is 0 Å². The Labute approximate surface area is 150 Å². The van der Waals surface area contributed by atoms with E-state index in [0.717, 1.165) is 5.56 Å². The molecule has 1 amide bonds. The Morgan fingerprint density at radius 3 is 2.73 bits per heavy atom. The van der Waals surface area contributed by atoms with E-state index < -0.39 is 18.2 Å². The van der Waals surface area contributed by atoms with Crippen LogP contribution in [-0.2, 0) is 30.5 Å². The average Bonchev–Trinajstić information content (AvgIpc) is 2.97. The summed E-state index contributed by atoms with van der Waals surface area (Å²) < 4.78 is 11.0. The van der Waals surface area contributed by atoms with Gasteiger partial charge in [0, 0.05) is 5.57 Å². The molecule has 0 aliphatic carbocycles. The zero-order valence-corrected chi connectivity index (χ0v) is 14.0. The van der Waals surface area contributed by atoms with E-state index in [1.165, 1.54) is 11.0 Å². The fraction of sp³-hybridized carbons (Fsp3) is 0.316. The van der Waals surface area contributed by atoms with Crippen LogP contribution < -0.4 is 0 Å². The molecule has 0 radical (unpaired) electrons. The molecule has 1 unspecified atom stereocenters. The summed E-state index contributed by atoms with van der Waals surface area (Å²) in [6.45, 7) is -0.0882. The number of esters is 1. The van der Waals surface area contributed by atoms with Crippen LogP contribution in [0.1, 0.15) is 18.4 Å². The third kappa shape index (κ3) is 3.52. The number of rotatable bonds is 7. The van der Waals surface area contributed by atoms with Crippen LogP contribution in [0, 0.1) is 0 Å². The van der Waals surface area contributed by atoms with Crippen LogP contribution in [0.25, 0.3) is 0 Å². The summed E-state index contributed by atoms with van der Waals surface area (Å²) in [4.78, 5) is 37.3. The quantitative estimate of drug-likeness (QED) is 0.258. The van der Waals surface area contributed by atoms with Crippen molar-refractivity contribution < 1.29 is 29.0 Å². The molecule has 3 rings (SSSR count). The lowest BCUT2D eigenvalue weighted by Gasteiger charge is -2.33. The Hall–Kier alpha value is -2.93. The highest BCUT2D eigenvalue weighted by molar-refractivity contribution is 5.93. The predicted molar refractivity (Wildman–Crippen MR) is 90.3 cm³/mol. The number of benzene rings is 1. The van der Waals surface area contributed by atoms with Gasteiger partial charge in [-0.05, 0) is 12.0 Å². The van der Waals surface area contributed by atoms with Gasteiger partial charge < -0.3 is 14.6 Å². The Kier molecular flexibility index (Phi) is 5.48. The Morgan fingerprint density at radius 2 is 2.08 bits per heavy atom. The normalized spacial score (nSPS) is 23.3. The minimum atomic E-state index is -1.05. The van der Waals surface area contributed by atoms with E-state index in [4.69, 9.17) is 14.6 Å². The van der Waals surface area contributed by atoms with Crippen LogP contribution in [0.3, 0.4) is 0 Å². The first-order chi connectivity index (χ1) is 12.7. The molecule has 0 saturated carbocycles.